The van der Waals surface area contributed by atoms with E-state index in [0.29, 0.717) is 0 Å². The highest BCUT2D eigenvalue weighted by Crippen LogP contribution is 2.25. The molecule has 0 saturated heterocycles. The lowest BCUT2D eigenvalue weighted by atomic mass is 10.0. The molecule has 2 aromatic carbocycles. The van der Waals surface area contributed by atoms with Crippen molar-refractivity contribution in [1.29, 1.82) is 5.26 Å². The number of hydrogen-bond acceptors (Lipinski definition) is 2. The van der Waals surface area contributed by atoms with Crippen molar-refractivity contribution in [1.82, 2.24) is 4.98 Å². The van der Waals surface area contributed by atoms with Gasteiger partial charge in [-0.15, -0.1) is 0 Å². The zero-order valence-corrected chi connectivity index (χ0v) is 13.1. The van der Waals surface area contributed by atoms with E-state index in [2.05, 4.69) is 11.9 Å². The van der Waals surface area contributed by atoms with Gasteiger partial charge in [0.05, 0.1) is 5.56 Å². The van der Waals surface area contributed by atoms with Crippen LogP contribution in [0, 0.1) is 17.1 Å². The Labute approximate surface area is 139 Å². The molecule has 3 aromatic rings. The minimum absolute atomic E-state index is 0.0945. The molecule has 1 aromatic heterocycles. The average Bonchev–Trinajstić information content (AvgIpc) is 3.02. The molecule has 0 spiro atoms. The van der Waals surface area contributed by atoms with Crippen LogP contribution < -0.4 is 0 Å². The number of para-hydroxylation sites is 1. The van der Waals surface area contributed by atoms with Gasteiger partial charge in [0.2, 0.25) is 5.78 Å². The van der Waals surface area contributed by atoms with E-state index >= 15 is 0 Å². The third-order valence-electron chi connectivity index (χ3n) is 4.00. The summed E-state index contributed by atoms with van der Waals surface area (Å²) in [5.74, 6) is -1.24. The van der Waals surface area contributed by atoms with Crippen LogP contribution in [0.2, 0.25) is 0 Å². The number of allylic oxidation sites excluding steroid dienone is 1. The molecule has 0 unspecified atom stereocenters. The van der Waals surface area contributed by atoms with E-state index in [1.807, 2.05) is 24.3 Å². The van der Waals surface area contributed by atoms with Crippen LogP contribution in [0.25, 0.3) is 17.0 Å². The van der Waals surface area contributed by atoms with Gasteiger partial charge in [-0.2, -0.15) is 5.26 Å². The fourth-order valence-electron chi connectivity index (χ4n) is 2.75. The second kappa shape index (κ2) is 6.51. The van der Waals surface area contributed by atoms with Crippen LogP contribution in [0.5, 0.6) is 0 Å². The van der Waals surface area contributed by atoms with Crippen molar-refractivity contribution in [2.75, 3.05) is 0 Å². The molecule has 0 aliphatic heterocycles. The largest absolute Gasteiger partial charge is 0.360 e. The number of fused-ring (bicyclic) bond motifs is 1. The number of hydrogen-bond donors (Lipinski definition) is 1. The van der Waals surface area contributed by atoms with Gasteiger partial charge < -0.3 is 4.98 Å². The monoisotopic (exact) mass is 318 g/mol. The van der Waals surface area contributed by atoms with Gasteiger partial charge in [-0.25, -0.2) is 4.39 Å². The summed E-state index contributed by atoms with van der Waals surface area (Å²) in [6.45, 7) is 2.06. The number of rotatable bonds is 4. The molecule has 0 radical (unpaired) electrons. The molecule has 3 rings (SSSR count). The number of benzene rings is 2. The van der Waals surface area contributed by atoms with Gasteiger partial charge in [0.1, 0.15) is 17.5 Å². The number of nitrogens with zero attached hydrogens (tertiary/aromatic N) is 1. The summed E-state index contributed by atoms with van der Waals surface area (Å²) in [6, 6.07) is 13.5. The van der Waals surface area contributed by atoms with Gasteiger partial charge in [0, 0.05) is 22.7 Å². The number of Topliss-reactive ketones (excluding diaryl/α,β-unsaturated/α-hetero) is 1. The number of H-pyrrole nitrogens is 1. The van der Waals surface area contributed by atoms with Gasteiger partial charge in [0.15, 0.2) is 0 Å². The smallest absolute Gasteiger partial charge is 0.206 e. The lowest BCUT2D eigenvalue weighted by Gasteiger charge is -2.01. The number of ketones is 1. The number of nitrogens with one attached hydrogen (secondary N) is 1. The van der Waals surface area contributed by atoms with Crippen LogP contribution in [0.1, 0.15) is 28.4 Å². The van der Waals surface area contributed by atoms with E-state index in [0.717, 1.165) is 28.5 Å². The molecule has 0 saturated carbocycles. The summed E-state index contributed by atoms with van der Waals surface area (Å²) in [5.41, 5.74) is 2.69. The Balaban J connectivity index is 2.08. The molecule has 0 fully saturated rings. The maximum atomic E-state index is 13.8. The van der Waals surface area contributed by atoms with Crippen LogP contribution in [0.4, 0.5) is 4.39 Å². The molecule has 4 heteroatoms. The highest BCUT2D eigenvalue weighted by atomic mass is 19.1. The first-order chi connectivity index (χ1) is 11.7. The first-order valence-electron chi connectivity index (χ1n) is 7.65. The Hall–Kier alpha value is -3.19. The first-order valence-corrected chi connectivity index (χ1v) is 7.65. The molecule has 0 aliphatic rings. The van der Waals surface area contributed by atoms with E-state index in [1.54, 1.807) is 12.3 Å². The fraction of sp³-hybridized carbons (Fsp3) is 0.100. The average molecular weight is 318 g/mol. The molecule has 1 heterocycles. The summed E-state index contributed by atoms with van der Waals surface area (Å²) in [5, 5.41) is 10.3. The third-order valence-corrected chi connectivity index (χ3v) is 4.00. The van der Waals surface area contributed by atoms with Crippen molar-refractivity contribution < 1.29 is 9.18 Å². The van der Waals surface area contributed by atoms with Gasteiger partial charge in [-0.3, -0.25) is 4.79 Å². The lowest BCUT2D eigenvalue weighted by molar-refractivity contribution is 0.103. The number of aromatic nitrogens is 1. The normalized spacial score (nSPS) is 11.5. The van der Waals surface area contributed by atoms with Crippen LogP contribution in [-0.2, 0) is 6.42 Å². The predicted molar refractivity (Wildman–Crippen MR) is 92.0 cm³/mol. The van der Waals surface area contributed by atoms with Crippen LogP contribution in [0.15, 0.2) is 54.2 Å². The summed E-state index contributed by atoms with van der Waals surface area (Å²) >= 11 is 0. The standard InChI is InChI=1S/C20H15FN2O/c1-2-13-6-5-8-16-15(12-23-19(13)16)10-14(11-22)20(24)17-7-3-4-9-18(17)21/h3-10,12,23H,2H2,1H3/b14-10+. The Morgan fingerprint density at radius 2 is 2.04 bits per heavy atom. The SMILES string of the molecule is CCc1cccc2c(/C=C(\C#N)C(=O)c3ccccc3F)c[nH]c12. The molecule has 1 N–H and O–H groups in total. The van der Waals surface area contributed by atoms with Gasteiger partial charge in [0.25, 0.3) is 0 Å². The number of aryl methyl sites for hydroxylation is 1. The third kappa shape index (κ3) is 2.72. The molecule has 3 nitrogen and oxygen atoms in total. The Bertz CT molecular complexity index is 992. The lowest BCUT2D eigenvalue weighted by Crippen LogP contribution is -2.04. The quantitative estimate of drug-likeness (QED) is 0.432. The van der Waals surface area contributed by atoms with Crippen LogP contribution >= 0.6 is 0 Å². The Morgan fingerprint density at radius 1 is 1.25 bits per heavy atom. The minimum Gasteiger partial charge on any atom is -0.360 e. The molecule has 24 heavy (non-hydrogen) atoms. The molecular weight excluding hydrogens is 303 g/mol. The molecule has 0 bridgehead atoms. The second-order valence-electron chi connectivity index (χ2n) is 5.42. The van der Waals surface area contributed by atoms with Gasteiger partial charge in [-0.1, -0.05) is 37.3 Å². The second-order valence-corrected chi connectivity index (χ2v) is 5.42. The van der Waals surface area contributed by atoms with Crippen molar-refractivity contribution in [3.05, 3.63) is 76.7 Å². The summed E-state index contributed by atoms with van der Waals surface area (Å²) in [6.07, 6.45) is 4.14. The van der Waals surface area contributed by atoms with Gasteiger partial charge >= 0.3 is 0 Å². The Morgan fingerprint density at radius 3 is 2.75 bits per heavy atom. The number of carbonyl (C=O) groups excluding carboxylic acids is 1. The highest BCUT2D eigenvalue weighted by Gasteiger charge is 2.16. The van der Waals surface area contributed by atoms with Crippen molar-refractivity contribution in [3.8, 4) is 6.07 Å². The molecular formula is C20H15FN2O. The number of aromatic amines is 1. The maximum absolute atomic E-state index is 13.8. The summed E-state index contributed by atoms with van der Waals surface area (Å²) in [4.78, 5) is 15.6. The summed E-state index contributed by atoms with van der Waals surface area (Å²) in [7, 11) is 0. The highest BCUT2D eigenvalue weighted by molar-refractivity contribution is 6.15. The van der Waals surface area contributed by atoms with Gasteiger partial charge in [-0.05, 0) is 30.2 Å². The predicted octanol–water partition coefficient (Wildman–Crippen LogP) is 4.66. The zero-order valence-electron chi connectivity index (χ0n) is 13.1. The van der Waals surface area contributed by atoms with E-state index in [-0.39, 0.29) is 11.1 Å². The number of nitriles is 1. The molecule has 0 aliphatic carbocycles. The van der Waals surface area contributed by atoms with E-state index < -0.39 is 11.6 Å². The molecule has 0 atom stereocenters. The number of carbonyl (C=O) groups is 1. The molecule has 0 amide bonds. The van der Waals surface area contributed by atoms with Crippen molar-refractivity contribution in [2.24, 2.45) is 0 Å². The Kier molecular flexibility index (Phi) is 4.26. The fourth-order valence-corrected chi connectivity index (χ4v) is 2.75. The van der Waals surface area contributed by atoms with Crippen LogP contribution in [0.3, 0.4) is 0 Å². The van der Waals surface area contributed by atoms with Crippen LogP contribution in [-0.4, -0.2) is 10.8 Å². The van der Waals surface area contributed by atoms with Crippen molar-refractivity contribution in [2.45, 2.75) is 13.3 Å². The topological polar surface area (TPSA) is 56.6 Å². The first kappa shape index (κ1) is 15.7. The van der Waals surface area contributed by atoms with E-state index in [4.69, 9.17) is 0 Å². The zero-order chi connectivity index (χ0) is 17.1. The van der Waals surface area contributed by atoms with Crippen molar-refractivity contribution in [3.63, 3.8) is 0 Å². The maximum Gasteiger partial charge on any atom is 0.206 e. The van der Waals surface area contributed by atoms with E-state index in [9.17, 15) is 14.4 Å². The van der Waals surface area contributed by atoms with Crippen molar-refractivity contribution >= 4 is 22.8 Å². The minimum atomic E-state index is -0.629. The van der Waals surface area contributed by atoms with E-state index in [1.165, 1.54) is 24.3 Å². The number of halogens is 1. The summed E-state index contributed by atoms with van der Waals surface area (Å²) < 4.78 is 13.8. The molecule has 118 valence electrons.